The van der Waals surface area contributed by atoms with Gasteiger partial charge in [0.05, 0.1) is 11.4 Å². The molecule has 0 aliphatic heterocycles. The number of aromatic nitrogens is 5. The van der Waals surface area contributed by atoms with Crippen molar-refractivity contribution in [1.82, 2.24) is 24.7 Å². The molecule has 2 aromatic heterocycles. The van der Waals surface area contributed by atoms with E-state index in [0.29, 0.717) is 11.1 Å². The number of hydrogen-bond donors (Lipinski definition) is 2. The SMILES string of the molecule is Cc1cc(C)n(-c2nnc(SCC(=O)Nc3ccc(I)cc3C)n2N)n1. The van der Waals surface area contributed by atoms with Crippen LogP contribution in [0.15, 0.2) is 29.4 Å². The number of halogens is 1. The van der Waals surface area contributed by atoms with Crippen molar-refractivity contribution in [3.05, 3.63) is 44.8 Å². The lowest BCUT2D eigenvalue weighted by Crippen LogP contribution is -2.19. The molecule has 10 heteroatoms. The first-order valence-corrected chi connectivity index (χ1v) is 9.84. The summed E-state index contributed by atoms with van der Waals surface area (Å²) < 4.78 is 4.09. The molecule has 2 heterocycles. The van der Waals surface area contributed by atoms with E-state index < -0.39 is 0 Å². The Morgan fingerprint density at radius 3 is 2.69 bits per heavy atom. The minimum absolute atomic E-state index is 0.130. The predicted molar refractivity (Wildman–Crippen MR) is 110 cm³/mol. The number of anilines is 1. The Labute approximate surface area is 168 Å². The van der Waals surface area contributed by atoms with E-state index >= 15 is 0 Å². The number of aryl methyl sites for hydroxylation is 3. The van der Waals surface area contributed by atoms with Crippen molar-refractivity contribution in [2.75, 3.05) is 16.9 Å². The first-order valence-electron chi connectivity index (χ1n) is 7.78. The zero-order chi connectivity index (χ0) is 18.8. The second-order valence-corrected chi connectivity index (χ2v) is 7.98. The second-order valence-electron chi connectivity index (χ2n) is 5.79. The van der Waals surface area contributed by atoms with Gasteiger partial charge in [-0.25, -0.2) is 9.36 Å². The van der Waals surface area contributed by atoms with Crippen molar-refractivity contribution in [2.24, 2.45) is 0 Å². The molecule has 0 fully saturated rings. The normalized spacial score (nSPS) is 10.9. The highest BCUT2D eigenvalue weighted by Crippen LogP contribution is 2.20. The van der Waals surface area contributed by atoms with E-state index in [1.54, 1.807) is 4.68 Å². The van der Waals surface area contributed by atoms with Gasteiger partial charge >= 0.3 is 0 Å². The van der Waals surface area contributed by atoms with Crippen molar-refractivity contribution in [3.8, 4) is 5.95 Å². The number of nitrogens with two attached hydrogens (primary N) is 1. The molecule has 3 N–H and O–H groups in total. The molecule has 0 aliphatic rings. The summed E-state index contributed by atoms with van der Waals surface area (Å²) in [7, 11) is 0. The Balaban J connectivity index is 1.67. The molecule has 0 bridgehead atoms. The summed E-state index contributed by atoms with van der Waals surface area (Å²) in [5.74, 6) is 6.53. The van der Waals surface area contributed by atoms with E-state index in [9.17, 15) is 4.79 Å². The number of amides is 1. The minimum Gasteiger partial charge on any atom is -0.334 e. The largest absolute Gasteiger partial charge is 0.334 e. The zero-order valence-electron chi connectivity index (χ0n) is 14.5. The van der Waals surface area contributed by atoms with Crippen LogP contribution < -0.4 is 11.2 Å². The first-order chi connectivity index (χ1) is 12.3. The molecule has 0 saturated carbocycles. The predicted octanol–water partition coefficient (Wildman–Crippen LogP) is 2.44. The maximum atomic E-state index is 12.2. The molecule has 26 heavy (non-hydrogen) atoms. The number of rotatable bonds is 5. The third kappa shape index (κ3) is 4.01. The van der Waals surface area contributed by atoms with E-state index in [2.05, 4.69) is 43.2 Å². The molecule has 1 amide bonds. The van der Waals surface area contributed by atoms with Crippen LogP contribution in [0.2, 0.25) is 0 Å². The summed E-state index contributed by atoms with van der Waals surface area (Å²) in [4.78, 5) is 12.2. The van der Waals surface area contributed by atoms with Crippen LogP contribution >= 0.6 is 34.4 Å². The van der Waals surface area contributed by atoms with E-state index in [-0.39, 0.29) is 11.7 Å². The number of carbonyl (C=O) groups excluding carboxylic acids is 1. The number of nitrogen functional groups attached to an aromatic ring is 1. The number of thioether (sulfide) groups is 1. The van der Waals surface area contributed by atoms with Crippen molar-refractivity contribution in [1.29, 1.82) is 0 Å². The molecular weight excluding hydrogens is 465 g/mol. The van der Waals surface area contributed by atoms with Crippen LogP contribution in [0, 0.1) is 24.3 Å². The Morgan fingerprint density at radius 1 is 1.27 bits per heavy atom. The topological polar surface area (TPSA) is 104 Å². The van der Waals surface area contributed by atoms with Gasteiger partial charge in [-0.15, -0.1) is 10.2 Å². The Bertz CT molecular complexity index is 966. The van der Waals surface area contributed by atoms with Gasteiger partial charge in [-0.1, -0.05) is 11.8 Å². The number of benzene rings is 1. The van der Waals surface area contributed by atoms with Gasteiger partial charge < -0.3 is 11.2 Å². The van der Waals surface area contributed by atoms with Crippen molar-refractivity contribution >= 4 is 45.9 Å². The van der Waals surface area contributed by atoms with Crippen molar-refractivity contribution in [3.63, 3.8) is 0 Å². The Hall–Kier alpha value is -2.08. The van der Waals surface area contributed by atoms with Gasteiger partial charge in [0.15, 0.2) is 0 Å². The third-order valence-corrected chi connectivity index (χ3v) is 5.25. The molecule has 8 nitrogen and oxygen atoms in total. The average molecular weight is 483 g/mol. The summed E-state index contributed by atoms with van der Waals surface area (Å²) in [6, 6.07) is 7.79. The van der Waals surface area contributed by atoms with Crippen LogP contribution in [0.1, 0.15) is 17.0 Å². The fraction of sp³-hybridized carbons (Fsp3) is 0.250. The Kier molecular flexibility index (Phi) is 5.51. The monoisotopic (exact) mass is 483 g/mol. The van der Waals surface area contributed by atoms with Crippen LogP contribution in [0.4, 0.5) is 5.69 Å². The highest BCUT2D eigenvalue weighted by molar-refractivity contribution is 14.1. The van der Waals surface area contributed by atoms with Gasteiger partial charge in [0, 0.05) is 15.0 Å². The maximum Gasteiger partial charge on any atom is 0.271 e. The summed E-state index contributed by atoms with van der Waals surface area (Å²) in [6.45, 7) is 5.77. The Morgan fingerprint density at radius 2 is 2.04 bits per heavy atom. The van der Waals surface area contributed by atoms with Gasteiger partial charge in [0.25, 0.3) is 5.95 Å². The fourth-order valence-corrected chi connectivity index (χ4v) is 3.73. The first kappa shape index (κ1) is 18.7. The van der Waals surface area contributed by atoms with E-state index in [1.807, 2.05) is 45.0 Å². The highest BCUT2D eigenvalue weighted by atomic mass is 127. The van der Waals surface area contributed by atoms with Crippen molar-refractivity contribution in [2.45, 2.75) is 25.9 Å². The lowest BCUT2D eigenvalue weighted by atomic mass is 10.2. The smallest absolute Gasteiger partial charge is 0.271 e. The highest BCUT2D eigenvalue weighted by Gasteiger charge is 2.16. The van der Waals surface area contributed by atoms with Gasteiger partial charge in [-0.2, -0.15) is 5.10 Å². The molecule has 0 radical (unpaired) electrons. The summed E-state index contributed by atoms with van der Waals surface area (Å²) >= 11 is 3.46. The van der Waals surface area contributed by atoms with Gasteiger partial charge in [-0.3, -0.25) is 4.79 Å². The standard InChI is InChI=1S/C16H18IN7OS/c1-9-6-12(17)4-5-13(9)19-14(25)8-26-16-21-20-15(23(16)18)24-11(3)7-10(2)22-24/h4-7H,8,18H2,1-3H3,(H,19,25). The van der Waals surface area contributed by atoms with Crippen LogP contribution in [-0.4, -0.2) is 36.3 Å². The molecule has 0 atom stereocenters. The van der Waals surface area contributed by atoms with Crippen LogP contribution in [-0.2, 0) is 4.79 Å². The lowest BCUT2D eigenvalue weighted by Gasteiger charge is -2.08. The molecule has 3 rings (SSSR count). The van der Waals surface area contributed by atoms with E-state index in [4.69, 9.17) is 5.84 Å². The number of nitrogens with one attached hydrogen (secondary N) is 1. The van der Waals surface area contributed by atoms with Crippen LogP contribution in [0.5, 0.6) is 0 Å². The molecule has 0 saturated heterocycles. The maximum absolute atomic E-state index is 12.2. The minimum atomic E-state index is -0.130. The van der Waals surface area contributed by atoms with Crippen LogP contribution in [0.25, 0.3) is 5.95 Å². The summed E-state index contributed by atoms with van der Waals surface area (Å²) in [5, 5.41) is 15.8. The molecule has 0 unspecified atom stereocenters. The molecule has 136 valence electrons. The van der Waals surface area contributed by atoms with E-state index in [1.165, 1.54) is 16.4 Å². The number of carbonyl (C=O) groups is 1. The number of nitrogens with zero attached hydrogens (tertiary/aromatic N) is 5. The molecule has 0 spiro atoms. The molecule has 0 aliphatic carbocycles. The summed E-state index contributed by atoms with van der Waals surface area (Å²) in [6.07, 6.45) is 0. The van der Waals surface area contributed by atoms with E-state index in [0.717, 1.165) is 26.2 Å². The van der Waals surface area contributed by atoms with Gasteiger partial charge in [0.2, 0.25) is 11.1 Å². The van der Waals surface area contributed by atoms with Crippen LogP contribution in [0.3, 0.4) is 0 Å². The molecular formula is C16H18IN7OS. The quantitative estimate of drug-likeness (QED) is 0.328. The van der Waals surface area contributed by atoms with Crippen molar-refractivity contribution < 1.29 is 4.79 Å². The molecule has 3 aromatic rings. The zero-order valence-corrected chi connectivity index (χ0v) is 17.5. The van der Waals surface area contributed by atoms with Gasteiger partial charge in [0.1, 0.15) is 0 Å². The fourth-order valence-electron chi connectivity index (χ4n) is 2.43. The lowest BCUT2D eigenvalue weighted by molar-refractivity contribution is -0.113. The average Bonchev–Trinajstić information content (AvgIpc) is 3.10. The third-order valence-electron chi connectivity index (χ3n) is 3.64. The summed E-state index contributed by atoms with van der Waals surface area (Å²) in [5.41, 5.74) is 3.59. The number of hydrogen-bond acceptors (Lipinski definition) is 6. The second kappa shape index (κ2) is 7.66. The van der Waals surface area contributed by atoms with Gasteiger partial charge in [-0.05, 0) is 73.2 Å². The molecule has 1 aromatic carbocycles.